The summed E-state index contributed by atoms with van der Waals surface area (Å²) in [5, 5.41) is 0. The Hall–Kier alpha value is -2.05. The molecule has 0 amide bonds. The van der Waals surface area contributed by atoms with E-state index in [1.54, 1.807) is 12.1 Å². The van der Waals surface area contributed by atoms with Crippen molar-refractivity contribution in [3.63, 3.8) is 0 Å². The Bertz CT molecular complexity index is 806. The Morgan fingerprint density at radius 2 is 1.62 bits per heavy atom. The van der Waals surface area contributed by atoms with Crippen molar-refractivity contribution in [2.24, 2.45) is 0 Å². The molecule has 0 aromatic heterocycles. The lowest BCUT2D eigenvalue weighted by atomic mass is 9.88. The second-order valence-electron chi connectivity index (χ2n) is 7.85. The summed E-state index contributed by atoms with van der Waals surface area (Å²) in [6.45, 7) is 5.63. The smallest absolute Gasteiger partial charge is 0.375 e. The van der Waals surface area contributed by atoms with Gasteiger partial charge in [-0.3, -0.25) is 0 Å². The highest BCUT2D eigenvalue weighted by Gasteiger charge is 2.41. The first kappa shape index (κ1) is 20.2. The predicted octanol–water partition coefficient (Wildman–Crippen LogP) is 5.35. The van der Waals surface area contributed by atoms with Crippen molar-refractivity contribution < 1.29 is 22.6 Å². The van der Waals surface area contributed by atoms with Crippen LogP contribution in [0.2, 0.25) is 0 Å². The number of hydrogen-bond donors (Lipinski definition) is 0. The maximum Gasteiger partial charge on any atom is 0.416 e. The molecule has 2 heterocycles. The van der Waals surface area contributed by atoms with E-state index in [2.05, 4.69) is 29.2 Å². The van der Waals surface area contributed by atoms with E-state index in [0.29, 0.717) is 25.7 Å². The van der Waals surface area contributed by atoms with Gasteiger partial charge in [0.1, 0.15) is 5.60 Å². The van der Waals surface area contributed by atoms with Crippen LogP contribution in [0.3, 0.4) is 0 Å². The highest BCUT2D eigenvalue weighted by molar-refractivity contribution is 5.49. The minimum absolute atomic E-state index is 0.303. The van der Waals surface area contributed by atoms with E-state index in [0.717, 1.165) is 37.1 Å². The average Bonchev–Trinajstić information content (AvgIpc) is 2.70. The molecule has 6 heteroatoms. The van der Waals surface area contributed by atoms with Gasteiger partial charge in [-0.05, 0) is 61.1 Å². The zero-order valence-electron chi connectivity index (χ0n) is 16.5. The summed E-state index contributed by atoms with van der Waals surface area (Å²) in [6.07, 6.45) is -2.41. The standard InChI is InChI=1S/C23H26F3NO2/c1-2-29-22(15-28-16-22)19-7-9-21(10-8-19)27-13-11-18(12-14-27)17-3-5-20(6-4-17)23(24,25)26/h3-10,18H,2,11-16H2,1H3. The molecule has 4 rings (SSSR count). The molecule has 0 atom stereocenters. The summed E-state index contributed by atoms with van der Waals surface area (Å²) >= 11 is 0. The molecule has 0 bridgehead atoms. The van der Waals surface area contributed by atoms with Gasteiger partial charge < -0.3 is 14.4 Å². The summed E-state index contributed by atoms with van der Waals surface area (Å²) in [5.41, 5.74) is 2.43. The molecule has 0 N–H and O–H groups in total. The lowest BCUT2D eigenvalue weighted by molar-refractivity contribution is -0.214. The third-order valence-corrected chi connectivity index (χ3v) is 6.05. The molecule has 29 heavy (non-hydrogen) atoms. The van der Waals surface area contributed by atoms with Gasteiger partial charge in [-0.1, -0.05) is 24.3 Å². The summed E-state index contributed by atoms with van der Waals surface area (Å²) in [6, 6.07) is 14.2. The molecule has 2 fully saturated rings. The van der Waals surface area contributed by atoms with Crippen molar-refractivity contribution in [3.8, 4) is 0 Å². The van der Waals surface area contributed by atoms with Crippen LogP contribution < -0.4 is 4.90 Å². The molecule has 2 aliphatic rings. The van der Waals surface area contributed by atoms with Gasteiger partial charge in [-0.25, -0.2) is 0 Å². The first-order valence-corrected chi connectivity index (χ1v) is 10.2. The first-order chi connectivity index (χ1) is 13.9. The molecule has 2 aromatic carbocycles. The molecule has 2 aliphatic heterocycles. The summed E-state index contributed by atoms with van der Waals surface area (Å²) in [7, 11) is 0. The zero-order valence-corrected chi connectivity index (χ0v) is 16.5. The number of halogens is 3. The number of rotatable bonds is 5. The minimum Gasteiger partial charge on any atom is -0.375 e. The van der Waals surface area contributed by atoms with Gasteiger partial charge in [0.2, 0.25) is 0 Å². The van der Waals surface area contributed by atoms with Crippen molar-refractivity contribution in [2.45, 2.75) is 37.5 Å². The van der Waals surface area contributed by atoms with Gasteiger partial charge in [0.25, 0.3) is 0 Å². The van der Waals surface area contributed by atoms with Crippen molar-refractivity contribution in [3.05, 3.63) is 65.2 Å². The van der Waals surface area contributed by atoms with Crippen molar-refractivity contribution in [1.82, 2.24) is 0 Å². The number of ether oxygens (including phenoxy) is 2. The summed E-state index contributed by atoms with van der Waals surface area (Å²) < 4.78 is 49.5. The highest BCUT2D eigenvalue weighted by atomic mass is 19.4. The number of piperidine rings is 1. The molecule has 3 nitrogen and oxygen atoms in total. The fourth-order valence-electron chi connectivity index (χ4n) is 4.29. The van der Waals surface area contributed by atoms with Gasteiger partial charge in [-0.15, -0.1) is 0 Å². The van der Waals surface area contributed by atoms with Crippen LogP contribution in [0.4, 0.5) is 18.9 Å². The van der Waals surface area contributed by atoms with Crippen LogP contribution in [0.5, 0.6) is 0 Å². The van der Waals surface area contributed by atoms with Gasteiger partial charge in [0, 0.05) is 25.4 Å². The SMILES string of the molecule is CCOC1(c2ccc(N3CCC(c4ccc(C(F)(F)F)cc4)CC3)cc2)COC1. The van der Waals surface area contributed by atoms with E-state index >= 15 is 0 Å². The van der Waals surface area contributed by atoms with Crippen LogP contribution in [0.1, 0.15) is 42.4 Å². The zero-order chi connectivity index (χ0) is 20.5. The van der Waals surface area contributed by atoms with E-state index in [9.17, 15) is 13.2 Å². The van der Waals surface area contributed by atoms with E-state index in [1.165, 1.54) is 17.8 Å². The van der Waals surface area contributed by atoms with Crippen LogP contribution in [-0.4, -0.2) is 32.9 Å². The third kappa shape index (κ3) is 4.14. The van der Waals surface area contributed by atoms with Crippen LogP contribution >= 0.6 is 0 Å². The number of hydrogen-bond acceptors (Lipinski definition) is 3. The lowest BCUT2D eigenvalue weighted by Crippen LogP contribution is -2.49. The topological polar surface area (TPSA) is 21.7 Å². The van der Waals surface area contributed by atoms with Crippen LogP contribution in [0.15, 0.2) is 48.5 Å². The maximum absolute atomic E-state index is 12.8. The molecule has 0 aliphatic carbocycles. The fourth-order valence-corrected chi connectivity index (χ4v) is 4.29. The van der Waals surface area contributed by atoms with Gasteiger partial charge in [0.15, 0.2) is 0 Å². The van der Waals surface area contributed by atoms with Gasteiger partial charge in [-0.2, -0.15) is 13.2 Å². The molecule has 156 valence electrons. The van der Waals surface area contributed by atoms with Gasteiger partial charge >= 0.3 is 6.18 Å². The number of anilines is 1. The average molecular weight is 405 g/mol. The normalized spacial score (nSPS) is 19.8. The molecule has 0 saturated carbocycles. The van der Waals surface area contributed by atoms with E-state index in [1.807, 2.05) is 6.92 Å². The van der Waals surface area contributed by atoms with Crippen molar-refractivity contribution in [2.75, 3.05) is 37.8 Å². The first-order valence-electron chi connectivity index (χ1n) is 10.2. The molecule has 2 aromatic rings. The molecule has 0 radical (unpaired) electrons. The van der Waals surface area contributed by atoms with E-state index < -0.39 is 11.7 Å². The Morgan fingerprint density at radius 3 is 2.10 bits per heavy atom. The largest absolute Gasteiger partial charge is 0.416 e. The number of nitrogens with zero attached hydrogens (tertiary/aromatic N) is 1. The second-order valence-corrected chi connectivity index (χ2v) is 7.85. The quantitative estimate of drug-likeness (QED) is 0.669. The predicted molar refractivity (Wildman–Crippen MR) is 106 cm³/mol. The van der Waals surface area contributed by atoms with Crippen molar-refractivity contribution >= 4 is 5.69 Å². The monoisotopic (exact) mass is 405 g/mol. The molecular formula is C23H26F3NO2. The molecule has 0 spiro atoms. The Labute approximate surface area is 169 Å². The summed E-state index contributed by atoms with van der Waals surface area (Å²) in [4.78, 5) is 2.34. The number of alkyl halides is 3. The minimum atomic E-state index is -4.28. The van der Waals surface area contributed by atoms with E-state index in [-0.39, 0.29) is 5.60 Å². The fraction of sp³-hybridized carbons (Fsp3) is 0.478. The third-order valence-electron chi connectivity index (χ3n) is 6.05. The van der Waals surface area contributed by atoms with Crippen molar-refractivity contribution in [1.29, 1.82) is 0 Å². The number of benzene rings is 2. The van der Waals surface area contributed by atoms with Gasteiger partial charge in [0.05, 0.1) is 18.8 Å². The Balaban J connectivity index is 1.37. The Morgan fingerprint density at radius 1 is 1.00 bits per heavy atom. The molecular weight excluding hydrogens is 379 g/mol. The maximum atomic E-state index is 12.8. The van der Waals surface area contributed by atoms with Crippen LogP contribution in [0.25, 0.3) is 0 Å². The lowest BCUT2D eigenvalue weighted by Gasteiger charge is -2.41. The highest BCUT2D eigenvalue weighted by Crippen LogP contribution is 2.36. The summed E-state index contributed by atoms with van der Waals surface area (Å²) in [5.74, 6) is 0.307. The van der Waals surface area contributed by atoms with Crippen LogP contribution in [0, 0.1) is 0 Å². The van der Waals surface area contributed by atoms with Crippen LogP contribution in [-0.2, 0) is 21.3 Å². The molecule has 0 unspecified atom stereocenters. The molecule has 2 saturated heterocycles. The second kappa shape index (κ2) is 8.00. The Kier molecular flexibility index (Phi) is 5.58. The van der Waals surface area contributed by atoms with E-state index in [4.69, 9.17) is 9.47 Å².